The number of piperazine rings is 1. The highest BCUT2D eigenvalue weighted by Crippen LogP contribution is 2.44. The van der Waals surface area contributed by atoms with E-state index in [-0.39, 0.29) is 35.5 Å². The molecule has 10 rings (SSSR count). The molecule has 0 radical (unpaired) electrons. The zero-order valence-electron chi connectivity index (χ0n) is 38.9. The summed E-state index contributed by atoms with van der Waals surface area (Å²) in [5.74, 6) is 0.107. The molecule has 3 saturated heterocycles. The van der Waals surface area contributed by atoms with Gasteiger partial charge in [-0.3, -0.25) is 43.1 Å². The van der Waals surface area contributed by atoms with Gasteiger partial charge in [-0.15, -0.1) is 0 Å². The van der Waals surface area contributed by atoms with Gasteiger partial charge in [0.15, 0.2) is 5.82 Å². The number of aromatic nitrogens is 6. The van der Waals surface area contributed by atoms with Gasteiger partial charge in [0.05, 0.1) is 29.8 Å². The summed E-state index contributed by atoms with van der Waals surface area (Å²) >= 11 is 0. The highest BCUT2D eigenvalue weighted by Gasteiger charge is 2.36. The first-order valence-corrected chi connectivity index (χ1v) is 24.2. The summed E-state index contributed by atoms with van der Waals surface area (Å²) < 4.78 is 36.5. The lowest BCUT2D eigenvalue weighted by molar-refractivity contribution is -0.135. The van der Waals surface area contributed by atoms with Crippen LogP contribution in [0.5, 0.6) is 0 Å². The van der Waals surface area contributed by atoms with Crippen molar-refractivity contribution in [2.45, 2.75) is 96.2 Å². The molecule has 3 amide bonds. The van der Waals surface area contributed by atoms with E-state index in [4.69, 9.17) is 5.10 Å². The summed E-state index contributed by atoms with van der Waals surface area (Å²) in [6, 6.07) is 9.15. The maximum absolute atomic E-state index is 14.7. The standard InChI is InChI=1S/C49H62F2N12O4/c1-32(64)60-21-15-40-39(31-60)47(61-18-7-8-33-26-37(34-29-52-55(2)30-34)38(46(50)51)28-43(33)61)54-63(40)35-13-19-57(20-14-35)16-5-4-6-17-58-22-24-59(25-23-58)36-9-10-41-44(27-36)56(3)49(67)62(41)42-11-12-45(65)53-48(42)66/h9-10,26-30,35,42,46H,4-8,11-25,31H2,1-3H3,(H,53,65,66). The van der Waals surface area contributed by atoms with Crippen LogP contribution in [0.25, 0.3) is 22.2 Å². The lowest BCUT2D eigenvalue weighted by Crippen LogP contribution is -2.46. The van der Waals surface area contributed by atoms with Gasteiger partial charge in [0, 0.05) is 126 Å². The number of amides is 3. The zero-order valence-corrected chi connectivity index (χ0v) is 38.9. The third-order valence-electron chi connectivity index (χ3n) is 15.1. The lowest BCUT2D eigenvalue weighted by atomic mass is 9.92. The van der Waals surface area contributed by atoms with E-state index in [1.165, 1.54) is 16.7 Å². The molecule has 0 saturated carbocycles. The smallest absolute Gasteiger partial charge is 0.329 e. The fraction of sp³-hybridized carbons (Fsp3) is 0.551. The van der Waals surface area contributed by atoms with E-state index >= 15 is 0 Å². The Morgan fingerprint density at radius 3 is 2.31 bits per heavy atom. The number of fused-ring (bicyclic) bond motifs is 3. The Kier molecular flexibility index (Phi) is 12.5. The van der Waals surface area contributed by atoms with Crippen molar-refractivity contribution >= 4 is 45.9 Å². The second kappa shape index (κ2) is 18.7. The van der Waals surface area contributed by atoms with E-state index < -0.39 is 18.4 Å². The van der Waals surface area contributed by atoms with Crippen molar-refractivity contribution in [2.75, 3.05) is 75.2 Å². The van der Waals surface area contributed by atoms with Crippen LogP contribution in [0.15, 0.2) is 47.5 Å². The van der Waals surface area contributed by atoms with Crippen LogP contribution < -0.4 is 20.8 Å². The van der Waals surface area contributed by atoms with E-state index in [9.17, 15) is 28.0 Å². The second-order valence-electron chi connectivity index (χ2n) is 19.2. The van der Waals surface area contributed by atoms with Crippen LogP contribution in [0, 0.1) is 0 Å². The number of hydrogen-bond donors (Lipinski definition) is 1. The van der Waals surface area contributed by atoms with Crippen LogP contribution in [0.2, 0.25) is 0 Å². The Labute approximate surface area is 389 Å². The number of imide groups is 1. The van der Waals surface area contributed by atoms with Crippen LogP contribution in [0.3, 0.4) is 0 Å². The monoisotopic (exact) mass is 920 g/mol. The molecule has 0 aliphatic carbocycles. The zero-order chi connectivity index (χ0) is 46.5. The van der Waals surface area contributed by atoms with Crippen LogP contribution in [0.4, 0.5) is 26.0 Å². The molecular formula is C49H62F2N12O4. The average molecular weight is 921 g/mol. The number of piperidine rings is 2. The molecule has 356 valence electrons. The Morgan fingerprint density at radius 2 is 1.61 bits per heavy atom. The Bertz CT molecular complexity index is 2740. The first-order valence-electron chi connectivity index (χ1n) is 24.2. The number of carbonyl (C=O) groups excluding carboxylic acids is 3. The molecule has 5 aromatic rings. The van der Waals surface area contributed by atoms with Gasteiger partial charge in [0.2, 0.25) is 17.7 Å². The number of anilines is 3. The largest absolute Gasteiger partial charge is 0.369 e. The molecule has 1 N–H and O–H groups in total. The van der Waals surface area contributed by atoms with Gasteiger partial charge in [-0.05, 0) is 99.5 Å². The van der Waals surface area contributed by atoms with Crippen LogP contribution in [-0.2, 0) is 47.9 Å². The molecule has 0 spiro atoms. The second-order valence-corrected chi connectivity index (χ2v) is 19.2. The molecule has 0 bridgehead atoms. The summed E-state index contributed by atoms with van der Waals surface area (Å²) in [4.78, 5) is 61.8. The van der Waals surface area contributed by atoms with E-state index in [1.807, 2.05) is 29.2 Å². The molecule has 67 heavy (non-hydrogen) atoms. The number of likely N-dealkylation sites (tertiary alicyclic amines) is 1. The lowest BCUT2D eigenvalue weighted by Gasteiger charge is -2.36. The van der Waals surface area contributed by atoms with Crippen LogP contribution in [-0.4, -0.2) is 127 Å². The molecule has 18 heteroatoms. The van der Waals surface area contributed by atoms with Gasteiger partial charge in [0.1, 0.15) is 6.04 Å². The minimum Gasteiger partial charge on any atom is -0.369 e. The maximum Gasteiger partial charge on any atom is 0.329 e. The van der Waals surface area contributed by atoms with Gasteiger partial charge < -0.3 is 19.6 Å². The summed E-state index contributed by atoms with van der Waals surface area (Å²) in [7, 11) is 3.53. The number of hydrogen-bond acceptors (Lipinski definition) is 10. The number of unbranched alkanes of at least 4 members (excludes halogenated alkanes) is 2. The number of imidazole rings is 1. The number of halogens is 2. The quantitative estimate of drug-likeness (QED) is 0.127. The number of benzene rings is 2. The minimum absolute atomic E-state index is 0.00604. The van der Waals surface area contributed by atoms with E-state index in [0.717, 1.165) is 131 Å². The van der Waals surface area contributed by atoms with Crippen molar-refractivity contribution in [3.8, 4) is 11.1 Å². The predicted molar refractivity (Wildman–Crippen MR) is 252 cm³/mol. The number of alkyl halides is 2. The third-order valence-corrected chi connectivity index (χ3v) is 15.1. The van der Waals surface area contributed by atoms with Crippen molar-refractivity contribution in [3.63, 3.8) is 0 Å². The van der Waals surface area contributed by atoms with Gasteiger partial charge in [0.25, 0.3) is 6.43 Å². The summed E-state index contributed by atoms with van der Waals surface area (Å²) in [5.41, 5.74) is 7.51. The van der Waals surface area contributed by atoms with Crippen molar-refractivity contribution in [1.82, 2.24) is 48.7 Å². The molecule has 1 unspecified atom stereocenters. The Balaban J connectivity index is 0.725. The molecule has 5 aliphatic heterocycles. The van der Waals surface area contributed by atoms with Gasteiger partial charge in [-0.25, -0.2) is 13.6 Å². The molecule has 16 nitrogen and oxygen atoms in total. The Hall–Kier alpha value is -5.88. The fourth-order valence-electron chi connectivity index (χ4n) is 11.3. The van der Waals surface area contributed by atoms with Crippen molar-refractivity contribution in [1.29, 1.82) is 0 Å². The van der Waals surface area contributed by atoms with E-state index in [0.29, 0.717) is 42.7 Å². The molecule has 3 aromatic heterocycles. The van der Waals surface area contributed by atoms with Gasteiger partial charge in [-0.1, -0.05) is 6.42 Å². The van der Waals surface area contributed by atoms with Crippen LogP contribution in [0.1, 0.15) is 99.2 Å². The topological polar surface area (TPSA) is 142 Å². The first-order chi connectivity index (χ1) is 32.4. The van der Waals surface area contributed by atoms with Gasteiger partial charge >= 0.3 is 5.69 Å². The molecule has 3 fully saturated rings. The fourth-order valence-corrected chi connectivity index (χ4v) is 11.3. The minimum atomic E-state index is -2.65. The molecule has 2 aromatic carbocycles. The highest BCUT2D eigenvalue weighted by atomic mass is 19.3. The highest BCUT2D eigenvalue weighted by molar-refractivity contribution is 6.00. The van der Waals surface area contributed by atoms with Crippen molar-refractivity contribution in [3.05, 3.63) is 75.6 Å². The number of rotatable bonds is 12. The maximum atomic E-state index is 14.7. The molecule has 8 heterocycles. The van der Waals surface area contributed by atoms with Gasteiger partial charge in [-0.2, -0.15) is 10.2 Å². The Morgan fingerprint density at radius 1 is 0.851 bits per heavy atom. The van der Waals surface area contributed by atoms with E-state index in [1.54, 1.807) is 48.7 Å². The SMILES string of the molecule is CC(=O)N1CCc2c(c(N3CCCc4cc(-c5cnn(C)c5)c(C(F)F)cc43)nn2C2CCN(CCCCCN3CCN(c4ccc5c(c4)n(C)c(=O)n5C4CCC(=O)NC4=O)CC3)CC2)C1. The van der Waals surface area contributed by atoms with Crippen LogP contribution >= 0.6 is 0 Å². The average Bonchev–Trinajstić information content (AvgIpc) is 4.01. The summed E-state index contributed by atoms with van der Waals surface area (Å²) in [6.07, 6.45) is 9.16. The summed E-state index contributed by atoms with van der Waals surface area (Å²) in [6.45, 7) is 11.3. The predicted octanol–water partition coefficient (Wildman–Crippen LogP) is 5.47. The third kappa shape index (κ3) is 8.78. The normalized spacial score (nSPS) is 20.0. The number of aryl methyl sites for hydroxylation is 3. The van der Waals surface area contributed by atoms with Crippen molar-refractivity contribution in [2.24, 2.45) is 14.1 Å². The van der Waals surface area contributed by atoms with Crippen molar-refractivity contribution < 1.29 is 23.2 Å². The molecule has 1 atom stereocenters. The molecule has 5 aliphatic rings. The number of nitrogens with zero attached hydrogens (tertiary/aromatic N) is 11. The summed E-state index contributed by atoms with van der Waals surface area (Å²) in [5, 5.41) is 12.0. The number of carbonyl (C=O) groups is 3. The first kappa shape index (κ1) is 44.9. The van der Waals surface area contributed by atoms with E-state index in [2.05, 4.69) is 34.7 Å². The number of nitrogens with one attached hydrogen (secondary N) is 1. The molecular weight excluding hydrogens is 859 g/mol.